The van der Waals surface area contributed by atoms with Crippen LogP contribution >= 0.6 is 0 Å². The third-order valence-electron chi connectivity index (χ3n) is 4.50. The highest BCUT2D eigenvalue weighted by Crippen LogP contribution is 2.35. The minimum Gasteiger partial charge on any atom is -0.454 e. The van der Waals surface area contributed by atoms with E-state index in [1.807, 2.05) is 23.1 Å². The molecule has 1 aromatic heterocycles. The molecule has 4 rings (SSSR count). The van der Waals surface area contributed by atoms with Crippen molar-refractivity contribution in [3.63, 3.8) is 0 Å². The first-order valence-corrected chi connectivity index (χ1v) is 8.75. The summed E-state index contributed by atoms with van der Waals surface area (Å²) < 4.78 is 21.1. The lowest BCUT2D eigenvalue weighted by Crippen LogP contribution is -2.36. The molecule has 0 atom stereocenters. The molecule has 1 saturated carbocycles. The van der Waals surface area contributed by atoms with Crippen molar-refractivity contribution >= 4 is 5.91 Å². The van der Waals surface area contributed by atoms with Crippen LogP contribution in [0.1, 0.15) is 18.7 Å². The molecular weight excluding hydrogens is 338 g/mol. The molecule has 1 amide bonds. The maximum absolute atomic E-state index is 12.3. The fourth-order valence-electron chi connectivity index (χ4n) is 2.86. The monoisotopic (exact) mass is 359 g/mol. The van der Waals surface area contributed by atoms with Gasteiger partial charge < -0.3 is 23.6 Å². The molecule has 0 saturated heterocycles. The van der Waals surface area contributed by atoms with Crippen LogP contribution in [0, 0.1) is 5.92 Å². The van der Waals surface area contributed by atoms with Crippen molar-refractivity contribution in [1.82, 2.24) is 15.0 Å². The second-order valence-corrected chi connectivity index (χ2v) is 6.42. The number of ether oxygens (including phenoxy) is 3. The predicted molar refractivity (Wildman–Crippen MR) is 90.7 cm³/mol. The number of rotatable bonds is 8. The number of carbonyl (C=O) groups is 1. The van der Waals surface area contributed by atoms with Crippen LogP contribution in [0.2, 0.25) is 0 Å². The zero-order valence-corrected chi connectivity index (χ0v) is 14.6. The molecule has 1 aliphatic heterocycles. The summed E-state index contributed by atoms with van der Waals surface area (Å²) in [5.74, 6) is 2.76. The van der Waals surface area contributed by atoms with Crippen molar-refractivity contribution in [1.29, 1.82) is 0 Å². The summed E-state index contributed by atoms with van der Waals surface area (Å²) in [7, 11) is 1.63. The molecule has 0 N–H and O–H groups in total. The van der Waals surface area contributed by atoms with Crippen LogP contribution in [-0.2, 0) is 16.0 Å². The standard InChI is InChI=1S/C18H21N3O5/c1-23-9-8-21(18(22)12-2-3-12)7-6-16-19-17(20-26-16)13-4-5-14-15(10-13)25-11-24-14/h4-5,10,12H,2-3,6-9,11H2,1H3. The Balaban J connectivity index is 1.40. The molecule has 0 spiro atoms. The number of carbonyl (C=O) groups excluding carboxylic acids is 1. The van der Waals surface area contributed by atoms with E-state index in [0.717, 1.165) is 18.4 Å². The van der Waals surface area contributed by atoms with Gasteiger partial charge >= 0.3 is 0 Å². The zero-order valence-electron chi connectivity index (χ0n) is 14.6. The van der Waals surface area contributed by atoms with Gasteiger partial charge in [0.25, 0.3) is 0 Å². The lowest BCUT2D eigenvalue weighted by atomic mass is 10.2. The Morgan fingerprint density at radius 1 is 1.27 bits per heavy atom. The van der Waals surface area contributed by atoms with Crippen molar-refractivity contribution in [2.75, 3.05) is 33.6 Å². The Morgan fingerprint density at radius 2 is 2.12 bits per heavy atom. The van der Waals surface area contributed by atoms with Gasteiger partial charge in [0, 0.05) is 38.1 Å². The van der Waals surface area contributed by atoms with Crippen molar-refractivity contribution < 1.29 is 23.5 Å². The Kier molecular flexibility index (Phi) is 4.75. The number of nitrogens with zero attached hydrogens (tertiary/aromatic N) is 3. The average Bonchev–Trinajstić information content (AvgIpc) is 3.22. The molecule has 2 aliphatic rings. The average molecular weight is 359 g/mol. The van der Waals surface area contributed by atoms with Crippen LogP contribution in [0.5, 0.6) is 11.5 Å². The topological polar surface area (TPSA) is 86.9 Å². The van der Waals surface area contributed by atoms with Crippen molar-refractivity contribution in [3.05, 3.63) is 24.1 Å². The van der Waals surface area contributed by atoms with Crippen molar-refractivity contribution in [2.45, 2.75) is 19.3 Å². The Hall–Kier alpha value is -2.61. The quantitative estimate of drug-likeness (QED) is 0.711. The first-order chi connectivity index (χ1) is 12.7. The maximum Gasteiger partial charge on any atom is 0.231 e. The second-order valence-electron chi connectivity index (χ2n) is 6.42. The first-order valence-electron chi connectivity index (χ1n) is 8.75. The lowest BCUT2D eigenvalue weighted by molar-refractivity contribution is -0.133. The van der Waals surface area contributed by atoms with E-state index in [2.05, 4.69) is 10.1 Å². The molecule has 0 bridgehead atoms. The molecule has 1 aromatic carbocycles. The largest absolute Gasteiger partial charge is 0.454 e. The third-order valence-corrected chi connectivity index (χ3v) is 4.50. The number of fused-ring (bicyclic) bond motifs is 1. The van der Waals surface area contributed by atoms with Crippen LogP contribution in [0.15, 0.2) is 22.7 Å². The van der Waals surface area contributed by atoms with Crippen LogP contribution in [0.25, 0.3) is 11.4 Å². The minimum absolute atomic E-state index is 0.179. The van der Waals surface area contributed by atoms with E-state index in [-0.39, 0.29) is 18.6 Å². The number of hydrogen-bond acceptors (Lipinski definition) is 7. The maximum atomic E-state index is 12.3. The van der Waals surface area contributed by atoms with Crippen molar-refractivity contribution in [2.24, 2.45) is 5.92 Å². The fraction of sp³-hybridized carbons (Fsp3) is 0.500. The molecule has 138 valence electrons. The molecule has 8 nitrogen and oxygen atoms in total. The van der Waals surface area contributed by atoms with Gasteiger partial charge in [0.1, 0.15) is 0 Å². The zero-order chi connectivity index (χ0) is 17.9. The SMILES string of the molecule is COCCN(CCc1nc(-c2ccc3c(c2)OCO3)no1)C(=O)C1CC1. The molecule has 0 radical (unpaired) electrons. The highest BCUT2D eigenvalue weighted by atomic mass is 16.7. The van der Waals surface area contributed by atoms with E-state index in [1.165, 1.54) is 0 Å². The first kappa shape index (κ1) is 16.8. The van der Waals surface area contributed by atoms with E-state index in [0.29, 0.717) is 49.3 Å². The van der Waals surface area contributed by atoms with Gasteiger partial charge in [-0.1, -0.05) is 5.16 Å². The normalized spacial score (nSPS) is 15.3. The molecule has 0 unspecified atom stereocenters. The van der Waals surface area contributed by atoms with E-state index < -0.39 is 0 Å². The minimum atomic E-state index is 0.179. The van der Waals surface area contributed by atoms with E-state index >= 15 is 0 Å². The van der Waals surface area contributed by atoms with Gasteiger partial charge in [-0.2, -0.15) is 4.98 Å². The number of benzene rings is 1. The molecular formula is C18H21N3O5. The van der Waals surface area contributed by atoms with Crippen LogP contribution < -0.4 is 9.47 Å². The summed E-state index contributed by atoms with van der Waals surface area (Å²) in [5, 5.41) is 4.03. The van der Waals surface area contributed by atoms with Crippen LogP contribution in [-0.4, -0.2) is 54.5 Å². The Labute approximate surface area is 151 Å². The molecule has 1 fully saturated rings. The number of methoxy groups -OCH3 is 1. The van der Waals surface area contributed by atoms with E-state index in [4.69, 9.17) is 18.7 Å². The van der Waals surface area contributed by atoms with Gasteiger partial charge in [-0.3, -0.25) is 4.79 Å². The fourth-order valence-corrected chi connectivity index (χ4v) is 2.86. The summed E-state index contributed by atoms with van der Waals surface area (Å²) >= 11 is 0. The second kappa shape index (κ2) is 7.33. The molecule has 1 aliphatic carbocycles. The lowest BCUT2D eigenvalue weighted by Gasteiger charge is -2.21. The molecule has 8 heteroatoms. The summed E-state index contributed by atoms with van der Waals surface area (Å²) in [6.07, 6.45) is 2.48. The molecule has 2 heterocycles. The van der Waals surface area contributed by atoms with Crippen LogP contribution in [0.4, 0.5) is 0 Å². The summed E-state index contributed by atoms with van der Waals surface area (Å²) in [4.78, 5) is 18.6. The molecule has 26 heavy (non-hydrogen) atoms. The van der Waals surface area contributed by atoms with Gasteiger partial charge in [0.05, 0.1) is 6.61 Å². The number of hydrogen-bond donors (Lipinski definition) is 0. The Morgan fingerprint density at radius 3 is 2.92 bits per heavy atom. The van der Waals surface area contributed by atoms with Gasteiger partial charge in [-0.05, 0) is 31.0 Å². The van der Waals surface area contributed by atoms with E-state index in [1.54, 1.807) is 7.11 Å². The highest BCUT2D eigenvalue weighted by molar-refractivity contribution is 5.81. The third kappa shape index (κ3) is 3.65. The summed E-state index contributed by atoms with van der Waals surface area (Å²) in [6, 6.07) is 5.52. The Bertz CT molecular complexity index is 787. The summed E-state index contributed by atoms with van der Waals surface area (Å²) in [6.45, 7) is 1.86. The highest BCUT2D eigenvalue weighted by Gasteiger charge is 2.33. The van der Waals surface area contributed by atoms with Gasteiger partial charge in [-0.15, -0.1) is 0 Å². The molecule has 2 aromatic rings. The summed E-state index contributed by atoms with van der Waals surface area (Å²) in [5.41, 5.74) is 0.801. The van der Waals surface area contributed by atoms with Gasteiger partial charge in [0.2, 0.25) is 24.4 Å². The number of aromatic nitrogens is 2. The predicted octanol–water partition coefficient (Wildman–Crippen LogP) is 1.89. The van der Waals surface area contributed by atoms with Crippen LogP contribution in [0.3, 0.4) is 0 Å². The van der Waals surface area contributed by atoms with E-state index in [9.17, 15) is 4.79 Å². The number of amides is 1. The van der Waals surface area contributed by atoms with Gasteiger partial charge in [0.15, 0.2) is 11.5 Å². The smallest absolute Gasteiger partial charge is 0.231 e. The van der Waals surface area contributed by atoms with Crippen molar-refractivity contribution in [3.8, 4) is 22.9 Å². The van der Waals surface area contributed by atoms with Gasteiger partial charge in [-0.25, -0.2) is 0 Å².